The highest BCUT2D eigenvalue weighted by molar-refractivity contribution is 7.71. The number of para-hydroxylation sites is 1. The fourth-order valence-corrected chi connectivity index (χ4v) is 3.64. The van der Waals surface area contributed by atoms with Crippen LogP contribution >= 0.6 is 12.2 Å². The smallest absolute Gasteiger partial charge is 0.195 e. The number of aromatic nitrogens is 4. The van der Waals surface area contributed by atoms with Crippen LogP contribution < -0.4 is 4.74 Å². The van der Waals surface area contributed by atoms with Gasteiger partial charge in [-0.25, -0.2) is 4.98 Å². The summed E-state index contributed by atoms with van der Waals surface area (Å²) in [6.07, 6.45) is 2.18. The quantitative estimate of drug-likeness (QED) is 0.302. The molecule has 2 aromatic heterocycles. The molecule has 29 heavy (non-hydrogen) atoms. The topological polar surface area (TPSA) is 55.7 Å². The predicted octanol–water partition coefficient (Wildman–Crippen LogP) is 6.02. The third-order valence-electron chi connectivity index (χ3n) is 4.95. The number of ether oxygens (including phenoxy) is 1. The molecule has 0 saturated heterocycles. The Kier molecular flexibility index (Phi) is 5.71. The molecule has 6 heteroatoms. The van der Waals surface area contributed by atoms with E-state index in [-0.39, 0.29) is 0 Å². The number of rotatable bonds is 7. The van der Waals surface area contributed by atoms with Gasteiger partial charge in [0.2, 0.25) is 0 Å². The molecule has 4 rings (SSSR count). The molecule has 0 atom stereocenters. The molecule has 0 unspecified atom stereocenters. The van der Waals surface area contributed by atoms with Gasteiger partial charge < -0.3 is 9.30 Å². The molecule has 0 amide bonds. The van der Waals surface area contributed by atoms with E-state index in [2.05, 4.69) is 48.3 Å². The third kappa shape index (κ3) is 3.93. The summed E-state index contributed by atoms with van der Waals surface area (Å²) in [4.78, 5) is 4.88. The molecule has 2 aromatic carbocycles. The van der Waals surface area contributed by atoms with Crippen LogP contribution in [0.2, 0.25) is 0 Å². The summed E-state index contributed by atoms with van der Waals surface area (Å²) in [6, 6.07) is 18.3. The number of benzene rings is 2. The van der Waals surface area contributed by atoms with E-state index < -0.39 is 0 Å². The van der Waals surface area contributed by atoms with E-state index in [4.69, 9.17) is 21.9 Å². The van der Waals surface area contributed by atoms with Crippen molar-refractivity contribution < 1.29 is 4.74 Å². The number of hydrogen-bond donors (Lipinski definition) is 1. The molecule has 1 N–H and O–H groups in total. The van der Waals surface area contributed by atoms with Gasteiger partial charge in [-0.05, 0) is 62.0 Å². The van der Waals surface area contributed by atoms with Gasteiger partial charge in [-0.3, -0.25) is 5.10 Å². The van der Waals surface area contributed by atoms with Crippen molar-refractivity contribution in [2.45, 2.75) is 33.2 Å². The summed E-state index contributed by atoms with van der Waals surface area (Å²) >= 11 is 5.39. The number of unbranched alkanes of at least 4 members (excludes halogenated alkanes) is 1. The summed E-state index contributed by atoms with van der Waals surface area (Å²) in [5, 5.41) is 8.47. The Bertz CT molecular complexity index is 1180. The highest BCUT2D eigenvalue weighted by atomic mass is 32.1. The maximum absolute atomic E-state index is 5.78. The van der Waals surface area contributed by atoms with Crippen molar-refractivity contribution in [3.05, 3.63) is 59.4 Å². The van der Waals surface area contributed by atoms with Gasteiger partial charge in [0.1, 0.15) is 5.75 Å². The first kappa shape index (κ1) is 19.3. The molecule has 5 nitrogen and oxygen atoms in total. The second-order valence-electron chi connectivity index (χ2n) is 6.90. The normalized spacial score (nSPS) is 11.1. The minimum absolute atomic E-state index is 0.624. The van der Waals surface area contributed by atoms with Crippen molar-refractivity contribution in [3.8, 4) is 28.4 Å². The summed E-state index contributed by atoms with van der Waals surface area (Å²) in [6.45, 7) is 5.72. The fraction of sp³-hybridized carbons (Fsp3) is 0.261. The van der Waals surface area contributed by atoms with Gasteiger partial charge in [-0.2, -0.15) is 5.10 Å². The van der Waals surface area contributed by atoms with Crippen molar-refractivity contribution >= 4 is 23.1 Å². The Morgan fingerprint density at radius 3 is 2.62 bits per heavy atom. The Hall–Kier alpha value is -2.99. The monoisotopic (exact) mass is 404 g/mol. The Morgan fingerprint density at radius 1 is 1.07 bits per heavy atom. The van der Waals surface area contributed by atoms with Crippen molar-refractivity contribution in [1.29, 1.82) is 0 Å². The number of H-pyrrole nitrogens is 1. The number of nitrogens with one attached hydrogen (secondary N) is 1. The molecular weight excluding hydrogens is 380 g/mol. The van der Waals surface area contributed by atoms with Crippen LogP contribution in [-0.4, -0.2) is 26.4 Å². The zero-order valence-corrected chi connectivity index (χ0v) is 17.5. The summed E-state index contributed by atoms with van der Waals surface area (Å²) in [7, 11) is 0. The van der Waals surface area contributed by atoms with Crippen LogP contribution in [0.3, 0.4) is 0 Å². The lowest BCUT2D eigenvalue weighted by atomic mass is 10.0. The number of hydrogen-bond acceptors (Lipinski definition) is 4. The number of aromatic amines is 1. The first-order valence-electron chi connectivity index (χ1n) is 10.00. The zero-order chi connectivity index (χ0) is 20.2. The molecule has 0 saturated carbocycles. The van der Waals surface area contributed by atoms with Gasteiger partial charge in [0.25, 0.3) is 0 Å². The van der Waals surface area contributed by atoms with Gasteiger partial charge in [0.05, 0.1) is 17.8 Å². The molecule has 0 spiro atoms. The molecule has 0 fully saturated rings. The Morgan fingerprint density at radius 2 is 1.86 bits per heavy atom. The molecule has 2 heterocycles. The average Bonchev–Trinajstić information content (AvgIpc) is 3.14. The van der Waals surface area contributed by atoms with Crippen molar-refractivity contribution in [1.82, 2.24) is 19.7 Å². The van der Waals surface area contributed by atoms with Gasteiger partial charge in [-0.15, -0.1) is 0 Å². The summed E-state index contributed by atoms with van der Waals surface area (Å²) in [5.41, 5.74) is 3.88. The lowest BCUT2D eigenvalue weighted by Crippen LogP contribution is -1.99. The van der Waals surface area contributed by atoms with Crippen LogP contribution in [0.4, 0.5) is 0 Å². The lowest BCUT2D eigenvalue weighted by Gasteiger charge is -2.11. The first-order chi connectivity index (χ1) is 14.2. The Labute approximate surface area is 175 Å². The second kappa shape index (κ2) is 8.57. The first-order valence-corrected chi connectivity index (χ1v) is 10.4. The molecule has 4 aromatic rings. The third-order valence-corrected chi connectivity index (χ3v) is 5.26. The van der Waals surface area contributed by atoms with E-state index in [0.717, 1.165) is 65.3 Å². The van der Waals surface area contributed by atoms with Gasteiger partial charge in [0, 0.05) is 23.1 Å². The highest BCUT2D eigenvalue weighted by Gasteiger charge is 2.14. The van der Waals surface area contributed by atoms with E-state index in [1.807, 2.05) is 34.9 Å². The SMILES string of the molecule is CCCCOc1ccc(-c2cc(-c3n[nH]c(=S)n3CC)c3ccccc3n2)cc1. The average molecular weight is 405 g/mol. The number of nitrogens with zero attached hydrogens (tertiary/aromatic N) is 3. The lowest BCUT2D eigenvalue weighted by molar-refractivity contribution is 0.309. The molecule has 148 valence electrons. The van der Waals surface area contributed by atoms with E-state index in [1.54, 1.807) is 0 Å². The van der Waals surface area contributed by atoms with Gasteiger partial charge in [0.15, 0.2) is 10.6 Å². The molecule has 0 bridgehead atoms. The van der Waals surface area contributed by atoms with Crippen molar-refractivity contribution in [2.24, 2.45) is 0 Å². The van der Waals surface area contributed by atoms with E-state index >= 15 is 0 Å². The maximum atomic E-state index is 5.78. The van der Waals surface area contributed by atoms with Crippen LogP contribution in [0.5, 0.6) is 5.75 Å². The number of fused-ring (bicyclic) bond motifs is 1. The van der Waals surface area contributed by atoms with Gasteiger partial charge >= 0.3 is 0 Å². The van der Waals surface area contributed by atoms with E-state index in [1.165, 1.54) is 0 Å². The van der Waals surface area contributed by atoms with Crippen molar-refractivity contribution in [3.63, 3.8) is 0 Å². The fourth-order valence-electron chi connectivity index (χ4n) is 3.38. The highest BCUT2D eigenvalue weighted by Crippen LogP contribution is 2.31. The summed E-state index contributed by atoms with van der Waals surface area (Å²) < 4.78 is 8.41. The van der Waals surface area contributed by atoms with Crippen LogP contribution in [0.15, 0.2) is 54.6 Å². The second-order valence-corrected chi connectivity index (χ2v) is 7.28. The largest absolute Gasteiger partial charge is 0.494 e. The standard InChI is InChI=1S/C23H24N4OS/c1-3-5-14-28-17-12-10-16(11-13-17)21-15-19(18-8-6-7-9-20(18)24-21)22-25-26-23(29)27(22)4-2/h6-13,15H,3-5,14H2,1-2H3,(H,26,29). The zero-order valence-electron chi connectivity index (χ0n) is 16.7. The minimum Gasteiger partial charge on any atom is -0.494 e. The molecule has 0 radical (unpaired) electrons. The van der Waals surface area contributed by atoms with Crippen LogP contribution in [-0.2, 0) is 6.54 Å². The van der Waals surface area contributed by atoms with Gasteiger partial charge in [-0.1, -0.05) is 31.5 Å². The molecule has 0 aliphatic heterocycles. The minimum atomic E-state index is 0.624. The van der Waals surface area contributed by atoms with E-state index in [0.29, 0.717) is 4.77 Å². The van der Waals surface area contributed by atoms with E-state index in [9.17, 15) is 0 Å². The van der Waals surface area contributed by atoms with Crippen LogP contribution in [0, 0.1) is 4.77 Å². The summed E-state index contributed by atoms with van der Waals surface area (Å²) in [5.74, 6) is 1.71. The van der Waals surface area contributed by atoms with Crippen molar-refractivity contribution in [2.75, 3.05) is 6.61 Å². The molecule has 0 aliphatic carbocycles. The van der Waals surface area contributed by atoms with Crippen LogP contribution in [0.25, 0.3) is 33.5 Å². The van der Waals surface area contributed by atoms with Crippen LogP contribution in [0.1, 0.15) is 26.7 Å². The molecule has 0 aliphatic rings. The predicted molar refractivity (Wildman–Crippen MR) is 120 cm³/mol. The Balaban J connectivity index is 1.79. The number of pyridine rings is 1. The molecular formula is C23H24N4OS. The maximum Gasteiger partial charge on any atom is 0.195 e.